The standard InChI is InChI=1S/C25H24N4O3/c1-16-25(17-6-9-19(10-7-17)28-14-4-5-24(28)30)29-23(26-16)13-11-20(27-29)18-8-12-21(31-2)22(15-18)32-3/h6-13,15H,4-5,14H2,1-3H3. The zero-order valence-corrected chi connectivity index (χ0v) is 18.3. The van der Waals surface area contributed by atoms with Crippen LogP contribution in [0.15, 0.2) is 54.6 Å². The van der Waals surface area contributed by atoms with Gasteiger partial charge in [0.25, 0.3) is 0 Å². The van der Waals surface area contributed by atoms with E-state index in [9.17, 15) is 4.79 Å². The molecule has 2 aromatic carbocycles. The Kier molecular flexibility index (Phi) is 5.01. The second-order valence-electron chi connectivity index (χ2n) is 7.80. The van der Waals surface area contributed by atoms with Crippen molar-refractivity contribution >= 4 is 17.2 Å². The van der Waals surface area contributed by atoms with Crippen LogP contribution in [0.25, 0.3) is 28.2 Å². The summed E-state index contributed by atoms with van der Waals surface area (Å²) < 4.78 is 12.7. The Labute approximate surface area is 186 Å². The SMILES string of the molecule is COc1ccc(-c2ccc3nc(C)c(-c4ccc(N5CCCC5=O)cc4)n3n2)cc1OC. The zero-order valence-electron chi connectivity index (χ0n) is 18.3. The molecule has 7 nitrogen and oxygen atoms in total. The Morgan fingerprint density at radius 1 is 0.906 bits per heavy atom. The molecular formula is C25H24N4O3. The van der Waals surface area contributed by atoms with Crippen molar-refractivity contribution in [1.29, 1.82) is 0 Å². The largest absolute Gasteiger partial charge is 0.493 e. The van der Waals surface area contributed by atoms with Gasteiger partial charge in [-0.05, 0) is 55.8 Å². The van der Waals surface area contributed by atoms with Gasteiger partial charge in [0.2, 0.25) is 5.91 Å². The summed E-state index contributed by atoms with van der Waals surface area (Å²) in [6.45, 7) is 2.76. The Morgan fingerprint density at radius 2 is 1.66 bits per heavy atom. The first kappa shape index (κ1) is 20.1. The summed E-state index contributed by atoms with van der Waals surface area (Å²) in [6.07, 6.45) is 1.53. The summed E-state index contributed by atoms with van der Waals surface area (Å²) >= 11 is 0. The Morgan fingerprint density at radius 3 is 2.34 bits per heavy atom. The number of amides is 1. The number of aryl methyl sites for hydroxylation is 1. The molecule has 5 rings (SSSR count). The molecule has 3 heterocycles. The maximum atomic E-state index is 12.1. The summed E-state index contributed by atoms with van der Waals surface area (Å²) in [4.78, 5) is 18.6. The Balaban J connectivity index is 1.56. The molecule has 32 heavy (non-hydrogen) atoms. The monoisotopic (exact) mass is 428 g/mol. The average molecular weight is 428 g/mol. The van der Waals surface area contributed by atoms with Crippen LogP contribution in [0, 0.1) is 6.92 Å². The van der Waals surface area contributed by atoms with Gasteiger partial charge >= 0.3 is 0 Å². The smallest absolute Gasteiger partial charge is 0.227 e. The molecule has 0 N–H and O–H groups in total. The highest BCUT2D eigenvalue weighted by molar-refractivity contribution is 5.95. The number of benzene rings is 2. The molecule has 1 aliphatic heterocycles. The first-order valence-electron chi connectivity index (χ1n) is 10.6. The third kappa shape index (κ3) is 3.36. The zero-order chi connectivity index (χ0) is 22.2. The molecule has 7 heteroatoms. The van der Waals surface area contributed by atoms with E-state index in [1.54, 1.807) is 14.2 Å². The van der Waals surface area contributed by atoms with E-state index in [-0.39, 0.29) is 5.91 Å². The van der Waals surface area contributed by atoms with Crippen molar-refractivity contribution in [3.05, 3.63) is 60.3 Å². The van der Waals surface area contributed by atoms with Crippen molar-refractivity contribution < 1.29 is 14.3 Å². The van der Waals surface area contributed by atoms with Crippen LogP contribution in [-0.4, -0.2) is 41.3 Å². The van der Waals surface area contributed by atoms with Crippen molar-refractivity contribution in [2.75, 3.05) is 25.7 Å². The Bertz CT molecular complexity index is 1310. The van der Waals surface area contributed by atoms with Crippen molar-refractivity contribution in [3.63, 3.8) is 0 Å². The van der Waals surface area contributed by atoms with Crippen LogP contribution in [0.5, 0.6) is 11.5 Å². The fourth-order valence-corrected chi connectivity index (χ4v) is 4.24. The molecule has 162 valence electrons. The number of rotatable bonds is 5. The topological polar surface area (TPSA) is 69.0 Å². The molecule has 4 aromatic rings. The highest BCUT2D eigenvalue weighted by Crippen LogP contribution is 2.33. The quantitative estimate of drug-likeness (QED) is 0.468. The summed E-state index contributed by atoms with van der Waals surface area (Å²) in [5, 5.41) is 4.88. The molecule has 0 atom stereocenters. The highest BCUT2D eigenvalue weighted by atomic mass is 16.5. The number of carbonyl (C=O) groups excluding carboxylic acids is 1. The number of hydrogen-bond acceptors (Lipinski definition) is 5. The van der Waals surface area contributed by atoms with Crippen molar-refractivity contribution in [3.8, 4) is 34.0 Å². The lowest BCUT2D eigenvalue weighted by molar-refractivity contribution is -0.117. The Hall–Kier alpha value is -3.87. The lowest BCUT2D eigenvalue weighted by Crippen LogP contribution is -2.23. The number of imidazole rings is 1. The van der Waals surface area contributed by atoms with Gasteiger partial charge in [0, 0.05) is 29.8 Å². The number of methoxy groups -OCH3 is 2. The number of ether oxygens (including phenoxy) is 2. The average Bonchev–Trinajstić information content (AvgIpc) is 3.40. The van der Waals surface area contributed by atoms with Gasteiger partial charge in [0.15, 0.2) is 17.1 Å². The van der Waals surface area contributed by atoms with Crippen molar-refractivity contribution in [1.82, 2.24) is 14.6 Å². The number of aromatic nitrogens is 3. The third-order valence-electron chi connectivity index (χ3n) is 5.86. The molecule has 1 amide bonds. The highest BCUT2D eigenvalue weighted by Gasteiger charge is 2.22. The lowest BCUT2D eigenvalue weighted by Gasteiger charge is -2.16. The van der Waals surface area contributed by atoms with Crippen LogP contribution >= 0.6 is 0 Å². The molecule has 1 saturated heterocycles. The summed E-state index contributed by atoms with van der Waals surface area (Å²) in [5.41, 5.74) is 6.26. The summed E-state index contributed by atoms with van der Waals surface area (Å²) in [6, 6.07) is 17.7. The minimum atomic E-state index is 0.185. The minimum absolute atomic E-state index is 0.185. The van der Waals surface area contributed by atoms with Crippen molar-refractivity contribution in [2.24, 2.45) is 0 Å². The van der Waals surface area contributed by atoms with Crippen LogP contribution < -0.4 is 14.4 Å². The van der Waals surface area contributed by atoms with Crippen LogP contribution in [0.2, 0.25) is 0 Å². The fraction of sp³-hybridized carbons (Fsp3) is 0.240. The summed E-state index contributed by atoms with van der Waals surface area (Å²) in [5.74, 6) is 1.51. The summed E-state index contributed by atoms with van der Waals surface area (Å²) in [7, 11) is 3.24. The van der Waals surface area contributed by atoms with Gasteiger partial charge in [0.05, 0.1) is 31.3 Å². The minimum Gasteiger partial charge on any atom is -0.493 e. The fourth-order valence-electron chi connectivity index (χ4n) is 4.24. The van der Waals surface area contributed by atoms with Gasteiger partial charge < -0.3 is 14.4 Å². The van der Waals surface area contributed by atoms with E-state index in [0.29, 0.717) is 17.9 Å². The molecule has 0 unspecified atom stereocenters. The second-order valence-corrected chi connectivity index (χ2v) is 7.80. The van der Waals surface area contributed by atoms with Crippen LogP contribution in [-0.2, 0) is 4.79 Å². The predicted molar refractivity (Wildman–Crippen MR) is 123 cm³/mol. The first-order chi connectivity index (χ1) is 15.6. The van der Waals surface area contributed by atoms with Crippen LogP contribution in [0.4, 0.5) is 5.69 Å². The second kappa shape index (κ2) is 8.00. The lowest BCUT2D eigenvalue weighted by atomic mass is 10.1. The number of hydrogen-bond donors (Lipinski definition) is 0. The van der Waals surface area contributed by atoms with E-state index in [1.165, 1.54) is 0 Å². The third-order valence-corrected chi connectivity index (χ3v) is 5.86. The van der Waals surface area contributed by atoms with Gasteiger partial charge in [-0.3, -0.25) is 4.79 Å². The number of fused-ring (bicyclic) bond motifs is 1. The molecule has 0 aliphatic carbocycles. The van der Waals surface area contributed by atoms with Gasteiger partial charge in [-0.15, -0.1) is 0 Å². The van der Waals surface area contributed by atoms with Crippen LogP contribution in [0.3, 0.4) is 0 Å². The number of nitrogens with zero attached hydrogens (tertiary/aromatic N) is 4. The van der Waals surface area contributed by atoms with E-state index >= 15 is 0 Å². The van der Waals surface area contributed by atoms with E-state index in [4.69, 9.17) is 14.6 Å². The van der Waals surface area contributed by atoms with Gasteiger partial charge in [0.1, 0.15) is 0 Å². The molecule has 1 fully saturated rings. The van der Waals surface area contributed by atoms with Crippen molar-refractivity contribution in [2.45, 2.75) is 19.8 Å². The molecule has 0 bridgehead atoms. The molecule has 0 radical (unpaired) electrons. The van der Waals surface area contributed by atoms with Gasteiger partial charge in [-0.25, -0.2) is 9.50 Å². The molecule has 2 aromatic heterocycles. The first-order valence-corrected chi connectivity index (χ1v) is 10.6. The normalized spacial score (nSPS) is 13.7. The van der Waals surface area contributed by atoms with Gasteiger partial charge in [-0.1, -0.05) is 12.1 Å². The molecule has 1 aliphatic rings. The number of carbonyl (C=O) groups is 1. The van der Waals surface area contributed by atoms with E-state index in [2.05, 4.69) is 4.98 Å². The van der Waals surface area contributed by atoms with E-state index < -0.39 is 0 Å². The maximum absolute atomic E-state index is 12.1. The van der Waals surface area contributed by atoms with Gasteiger partial charge in [-0.2, -0.15) is 5.10 Å². The number of anilines is 1. The predicted octanol–water partition coefficient (Wildman–Crippen LogP) is 4.52. The van der Waals surface area contributed by atoms with E-state index in [0.717, 1.165) is 52.5 Å². The maximum Gasteiger partial charge on any atom is 0.227 e. The molecular weight excluding hydrogens is 404 g/mol. The van der Waals surface area contributed by atoms with Crippen LogP contribution in [0.1, 0.15) is 18.5 Å². The molecule has 0 spiro atoms. The van der Waals surface area contributed by atoms with E-state index in [1.807, 2.05) is 70.9 Å². The molecule has 0 saturated carbocycles.